The number of nitrogens with zero attached hydrogens (tertiary/aromatic N) is 1. The van der Waals surface area contributed by atoms with Crippen LogP contribution in [0.1, 0.15) is 79.8 Å². The topological polar surface area (TPSA) is 61.8 Å². The van der Waals surface area contributed by atoms with E-state index >= 15 is 0 Å². The van der Waals surface area contributed by atoms with Crippen molar-refractivity contribution in [2.75, 3.05) is 26.7 Å². The van der Waals surface area contributed by atoms with Crippen LogP contribution in [0.3, 0.4) is 0 Å². The molecule has 2 aliphatic carbocycles. The molecule has 2 bridgehead atoms. The fraction of sp³-hybridized carbons (Fsp3) is 0.571. The first-order valence-electron chi connectivity index (χ1n) is 15.8. The van der Waals surface area contributed by atoms with Crippen molar-refractivity contribution in [2.45, 2.75) is 76.1 Å². The molecule has 4 aliphatic rings. The Morgan fingerprint density at radius 2 is 1.83 bits per heavy atom. The van der Waals surface area contributed by atoms with Crippen molar-refractivity contribution in [1.29, 1.82) is 0 Å². The first-order chi connectivity index (χ1) is 20.3. The summed E-state index contributed by atoms with van der Waals surface area (Å²) in [7, 11) is 2.19. The minimum Gasteiger partial charge on any atom is -0.493 e. The zero-order valence-corrected chi connectivity index (χ0v) is 26.9. The van der Waals surface area contributed by atoms with Crippen LogP contribution in [0.2, 0.25) is 5.02 Å². The number of fused-ring (bicyclic) bond motifs is 14. The number of ether oxygens (including phenoxy) is 1. The molecule has 0 saturated heterocycles. The van der Waals surface area contributed by atoms with Gasteiger partial charge in [0.15, 0.2) is 0 Å². The summed E-state index contributed by atoms with van der Waals surface area (Å²) in [5.41, 5.74) is 3.20. The molecule has 0 spiro atoms. The summed E-state index contributed by atoms with van der Waals surface area (Å²) in [6.45, 7) is 6.81. The normalized spacial score (nSPS) is 30.7. The number of aryl methyl sites for hydroxylation is 1. The standard InChI is InChI=1S/C35H47ClN2O3S/c1-4-6-26-19-29(36)14-18-31(26)28-21-38(3)20-27-13-17-32(27)33(39)8-5-7-23(2)34(24-9-10-24)42-37-35(40)25-11-15-30(16-12-25)41-22-28/h5,8,11-12,14-16,18-19,23-24,27-28,32-34,39H,4,6-7,9-10,13,17,20-22H2,1-3H3,(H,37,40)/b8-5+/t23-,27?,28?,32?,33?,34?/m1/s1. The van der Waals surface area contributed by atoms with Gasteiger partial charge in [0.1, 0.15) is 5.75 Å². The van der Waals surface area contributed by atoms with Gasteiger partial charge in [-0.05, 0) is 129 Å². The van der Waals surface area contributed by atoms with Crippen LogP contribution in [0, 0.1) is 23.7 Å². The Bertz CT molecular complexity index is 1220. The monoisotopic (exact) mass is 610 g/mol. The van der Waals surface area contributed by atoms with Crippen LogP contribution in [-0.4, -0.2) is 54.0 Å². The Labute approximate surface area is 261 Å². The van der Waals surface area contributed by atoms with Crippen LogP contribution in [0.4, 0.5) is 0 Å². The molecule has 6 rings (SSSR count). The number of aliphatic hydroxyl groups is 1. The Morgan fingerprint density at radius 3 is 2.52 bits per heavy atom. The van der Waals surface area contributed by atoms with E-state index in [0.29, 0.717) is 41.1 Å². The van der Waals surface area contributed by atoms with Gasteiger partial charge in [0.2, 0.25) is 0 Å². The molecule has 2 saturated carbocycles. The first kappa shape index (κ1) is 31.4. The van der Waals surface area contributed by atoms with Crippen LogP contribution < -0.4 is 9.46 Å². The van der Waals surface area contributed by atoms with Crippen molar-refractivity contribution in [3.8, 4) is 5.75 Å². The molecular weight excluding hydrogens is 564 g/mol. The molecule has 6 atom stereocenters. The molecule has 0 aromatic heterocycles. The molecule has 2 aromatic rings. The molecule has 0 radical (unpaired) electrons. The number of allylic oxidation sites excluding steroid dienone is 1. The predicted octanol–water partition coefficient (Wildman–Crippen LogP) is 7.53. The highest BCUT2D eigenvalue weighted by Gasteiger charge is 2.37. The molecule has 42 heavy (non-hydrogen) atoms. The Morgan fingerprint density at radius 1 is 1.07 bits per heavy atom. The van der Waals surface area contributed by atoms with E-state index in [-0.39, 0.29) is 11.8 Å². The first-order valence-corrected chi connectivity index (χ1v) is 17.1. The van der Waals surface area contributed by atoms with Gasteiger partial charge in [0.05, 0.1) is 12.7 Å². The maximum Gasteiger partial charge on any atom is 0.261 e. The maximum atomic E-state index is 13.0. The molecule has 2 heterocycles. The lowest BCUT2D eigenvalue weighted by Gasteiger charge is -2.41. The average Bonchev–Trinajstić information content (AvgIpc) is 3.79. The van der Waals surface area contributed by atoms with Gasteiger partial charge in [-0.15, -0.1) is 0 Å². The number of aliphatic hydroxyl groups excluding tert-OH is 1. The van der Waals surface area contributed by atoms with Crippen LogP contribution in [-0.2, 0) is 6.42 Å². The SMILES string of the molecule is CCCc1cc(Cl)ccc1C1COc2ccc(cc2)C(=O)NSC(C2CC2)[C@H](C)C/C=C/C(O)C2CCC2CN(C)C1. The lowest BCUT2D eigenvalue weighted by molar-refractivity contribution is 0.0246. The van der Waals surface area contributed by atoms with Gasteiger partial charge in [-0.1, -0.05) is 50.1 Å². The van der Waals surface area contributed by atoms with Crippen molar-refractivity contribution in [3.63, 3.8) is 0 Å². The van der Waals surface area contributed by atoms with Gasteiger partial charge in [0.25, 0.3) is 5.91 Å². The second-order valence-corrected chi connectivity index (χ2v) is 14.3. The van der Waals surface area contributed by atoms with Crippen molar-refractivity contribution in [2.24, 2.45) is 23.7 Å². The third kappa shape index (κ3) is 8.13. The van der Waals surface area contributed by atoms with E-state index in [1.807, 2.05) is 36.4 Å². The molecule has 2 aliphatic heterocycles. The lowest BCUT2D eigenvalue weighted by Crippen LogP contribution is -2.42. The molecular formula is C35H47ClN2O3S. The van der Waals surface area contributed by atoms with Gasteiger partial charge in [-0.3, -0.25) is 9.52 Å². The summed E-state index contributed by atoms with van der Waals surface area (Å²) in [6, 6.07) is 13.8. The smallest absolute Gasteiger partial charge is 0.261 e. The Kier molecular flexibility index (Phi) is 11.0. The second-order valence-electron chi connectivity index (χ2n) is 12.8. The number of halogens is 1. The van der Waals surface area contributed by atoms with E-state index < -0.39 is 6.10 Å². The van der Waals surface area contributed by atoms with E-state index in [1.165, 1.54) is 24.0 Å². The van der Waals surface area contributed by atoms with Crippen molar-refractivity contribution < 1.29 is 14.6 Å². The molecule has 5 nitrogen and oxygen atoms in total. The van der Waals surface area contributed by atoms with E-state index in [9.17, 15) is 9.90 Å². The number of likely N-dealkylation sites (N-methyl/N-ethyl adjacent to an activating group) is 1. The van der Waals surface area contributed by atoms with Gasteiger partial charge in [0, 0.05) is 34.8 Å². The zero-order valence-electron chi connectivity index (χ0n) is 25.3. The molecule has 1 amide bonds. The van der Waals surface area contributed by atoms with Crippen LogP contribution in [0.15, 0.2) is 54.6 Å². The average molecular weight is 611 g/mol. The van der Waals surface area contributed by atoms with Crippen LogP contribution in [0.25, 0.3) is 0 Å². The zero-order chi connectivity index (χ0) is 29.6. The molecule has 7 heteroatoms. The number of rotatable bonds is 4. The second kappa shape index (κ2) is 14.7. The number of benzene rings is 2. The number of carbonyl (C=O) groups is 1. The number of nitrogens with one attached hydrogen (secondary N) is 1. The molecule has 2 N–H and O–H groups in total. The quantitative estimate of drug-likeness (QED) is 0.277. The number of hydrogen-bond acceptors (Lipinski definition) is 5. The highest BCUT2D eigenvalue weighted by molar-refractivity contribution is 7.98. The summed E-state index contributed by atoms with van der Waals surface area (Å²) in [5.74, 6) is 2.72. The number of hydrogen-bond donors (Lipinski definition) is 2. The summed E-state index contributed by atoms with van der Waals surface area (Å²) in [4.78, 5) is 15.4. The maximum absolute atomic E-state index is 13.0. The highest BCUT2D eigenvalue weighted by Crippen LogP contribution is 2.43. The van der Waals surface area contributed by atoms with Crippen LogP contribution >= 0.6 is 23.5 Å². The van der Waals surface area contributed by atoms with Crippen molar-refractivity contribution >= 4 is 29.5 Å². The molecule has 2 aromatic carbocycles. The third-order valence-corrected chi connectivity index (χ3v) is 11.1. The largest absolute Gasteiger partial charge is 0.493 e. The van der Waals surface area contributed by atoms with Crippen molar-refractivity contribution in [1.82, 2.24) is 9.62 Å². The van der Waals surface area contributed by atoms with Gasteiger partial charge in [-0.25, -0.2) is 0 Å². The number of amides is 1. The predicted molar refractivity (Wildman–Crippen MR) is 174 cm³/mol. The Hall–Kier alpha value is -1.99. The molecule has 228 valence electrons. The van der Waals surface area contributed by atoms with Gasteiger partial charge < -0.3 is 14.7 Å². The highest BCUT2D eigenvalue weighted by atomic mass is 35.5. The van der Waals surface area contributed by atoms with Crippen molar-refractivity contribution in [3.05, 3.63) is 76.3 Å². The summed E-state index contributed by atoms with van der Waals surface area (Å²) < 4.78 is 9.50. The molecule has 2 fully saturated rings. The fourth-order valence-electron chi connectivity index (χ4n) is 6.71. The van der Waals surface area contributed by atoms with Gasteiger partial charge in [-0.2, -0.15) is 0 Å². The summed E-state index contributed by atoms with van der Waals surface area (Å²) in [6.07, 6.45) is 11.4. The summed E-state index contributed by atoms with van der Waals surface area (Å²) >= 11 is 7.99. The van der Waals surface area contributed by atoms with E-state index in [0.717, 1.165) is 56.0 Å². The Balaban J connectivity index is 1.38. The lowest BCUT2D eigenvalue weighted by atomic mass is 9.70. The fourth-order valence-corrected chi connectivity index (χ4v) is 8.08. The van der Waals surface area contributed by atoms with Gasteiger partial charge >= 0.3 is 0 Å². The number of carbonyl (C=O) groups excluding carboxylic acids is 1. The van der Waals surface area contributed by atoms with E-state index in [2.05, 4.69) is 48.7 Å². The minimum absolute atomic E-state index is 0.0674. The molecule has 5 unspecified atom stereocenters. The van der Waals surface area contributed by atoms with E-state index in [4.69, 9.17) is 16.3 Å². The van der Waals surface area contributed by atoms with Crippen LogP contribution in [0.5, 0.6) is 5.75 Å². The third-order valence-electron chi connectivity index (χ3n) is 9.40. The van der Waals surface area contributed by atoms with E-state index in [1.54, 1.807) is 11.9 Å². The summed E-state index contributed by atoms with van der Waals surface area (Å²) in [5, 5.41) is 12.2. The minimum atomic E-state index is -0.405.